The molecule has 7 rings (SSSR count). The zero-order valence-corrected chi connectivity index (χ0v) is 30.0. The number of benzene rings is 2. The molecule has 9 nitrogen and oxygen atoms in total. The zero-order chi connectivity index (χ0) is 34.8. The molecule has 0 spiro atoms. The predicted molar refractivity (Wildman–Crippen MR) is 194 cm³/mol. The third-order valence-corrected chi connectivity index (χ3v) is 11.3. The molecule has 0 saturated heterocycles. The highest BCUT2D eigenvalue weighted by Gasteiger charge is 2.30. The number of nitrogens with one attached hydrogen (secondary N) is 1. The van der Waals surface area contributed by atoms with Crippen molar-refractivity contribution < 1.29 is 24.4 Å². The van der Waals surface area contributed by atoms with Crippen molar-refractivity contribution in [3.8, 4) is 40.0 Å². The molecule has 0 bridgehead atoms. The van der Waals surface area contributed by atoms with E-state index in [1.54, 1.807) is 20.4 Å². The molecule has 2 saturated carbocycles. The van der Waals surface area contributed by atoms with Crippen LogP contribution in [0.5, 0.6) is 17.6 Å². The van der Waals surface area contributed by atoms with E-state index in [0.717, 1.165) is 92.0 Å². The van der Waals surface area contributed by atoms with Crippen LogP contribution in [0.15, 0.2) is 48.7 Å². The van der Waals surface area contributed by atoms with Gasteiger partial charge < -0.3 is 29.7 Å². The Morgan fingerprint density at radius 1 is 0.840 bits per heavy atom. The molecule has 0 aliphatic heterocycles. The summed E-state index contributed by atoms with van der Waals surface area (Å²) < 4.78 is 17.8. The number of aromatic nitrogens is 3. The van der Waals surface area contributed by atoms with Gasteiger partial charge in [-0.1, -0.05) is 66.0 Å². The molecular weight excluding hydrogens is 675 g/mol. The highest BCUT2D eigenvalue weighted by atomic mass is 35.5. The van der Waals surface area contributed by atoms with Gasteiger partial charge in [-0.15, -0.1) is 0 Å². The van der Waals surface area contributed by atoms with Crippen molar-refractivity contribution >= 4 is 23.2 Å². The summed E-state index contributed by atoms with van der Waals surface area (Å²) in [6.45, 7) is 0.453. The molecule has 0 unspecified atom stereocenters. The first-order chi connectivity index (χ1) is 24.3. The number of aliphatic hydroxyl groups is 2. The summed E-state index contributed by atoms with van der Waals surface area (Å²) in [7, 11) is 3.20. The number of hydrogen-bond donors (Lipinski definition) is 3. The lowest BCUT2D eigenvalue weighted by atomic mass is 9.95. The van der Waals surface area contributed by atoms with Gasteiger partial charge in [-0.25, -0.2) is 4.98 Å². The lowest BCUT2D eigenvalue weighted by Gasteiger charge is -2.19. The van der Waals surface area contributed by atoms with Crippen LogP contribution >= 0.6 is 23.2 Å². The average Bonchev–Trinajstić information content (AvgIpc) is 3.86. The molecule has 0 amide bonds. The fraction of sp³-hybridized carbons (Fsp3) is 0.462. The quantitative estimate of drug-likeness (QED) is 0.135. The second-order valence-corrected chi connectivity index (χ2v) is 14.4. The number of ether oxygens (including phenoxy) is 3. The molecule has 4 aromatic rings. The standard InChI is InChI=1S/C39H44Cl2N4O5/c1-48-37-23(16-15-22-7-3-13-33(22)46)19-29(40)38(45-37)50-35-18-17-25-24(8-4-9-26(25)35)27-10-5-11-28(36(27)41)31-20-43-32(39(44-31)49-2)21-42-30-12-6-14-34(30)47/h4-5,8-11,19-20,22,30,33-35,42,46-47H,3,6-7,12-18,21H2,1-2H3/t22-,30+,33-,34-,35-/m0/s1. The highest BCUT2D eigenvalue weighted by Crippen LogP contribution is 2.45. The lowest BCUT2D eigenvalue weighted by Crippen LogP contribution is -2.35. The summed E-state index contributed by atoms with van der Waals surface area (Å²) in [5.74, 6) is 1.58. The van der Waals surface area contributed by atoms with Crippen LogP contribution in [-0.4, -0.2) is 57.6 Å². The minimum absolute atomic E-state index is 0.0501. The number of aliphatic hydroxyl groups excluding tert-OH is 2. The van der Waals surface area contributed by atoms with Gasteiger partial charge in [0.15, 0.2) is 0 Å². The Kier molecular flexibility index (Phi) is 10.8. The first-order valence-electron chi connectivity index (χ1n) is 17.6. The number of rotatable bonds is 12. The molecule has 264 valence electrons. The first-order valence-corrected chi connectivity index (χ1v) is 18.4. The van der Waals surface area contributed by atoms with Gasteiger partial charge in [0.05, 0.1) is 43.3 Å². The fourth-order valence-electron chi connectivity index (χ4n) is 7.91. The maximum absolute atomic E-state index is 10.3. The highest BCUT2D eigenvalue weighted by molar-refractivity contribution is 6.36. The summed E-state index contributed by atoms with van der Waals surface area (Å²) in [5.41, 5.74) is 7.16. The number of fused-ring (bicyclic) bond motifs is 1. The second-order valence-electron chi connectivity index (χ2n) is 13.6. The van der Waals surface area contributed by atoms with Gasteiger partial charge in [0.25, 0.3) is 0 Å². The van der Waals surface area contributed by atoms with Crippen LogP contribution in [0.25, 0.3) is 22.4 Å². The SMILES string of the molecule is COc1nc(O[C@H]2CCc3c(-c4cccc(-c5cnc(CN[C@@H]6CCC[C@@H]6O)c(OC)n5)c4Cl)cccc32)c(Cl)cc1CC[C@@H]1CCC[C@@H]1O. The first kappa shape index (κ1) is 35.0. The van der Waals surface area contributed by atoms with Crippen LogP contribution < -0.4 is 19.5 Å². The number of hydrogen-bond acceptors (Lipinski definition) is 9. The number of methoxy groups -OCH3 is 2. The maximum atomic E-state index is 10.3. The summed E-state index contributed by atoms with van der Waals surface area (Å²) >= 11 is 13.9. The van der Waals surface area contributed by atoms with E-state index < -0.39 is 0 Å². The third-order valence-electron chi connectivity index (χ3n) is 10.6. The Balaban J connectivity index is 1.10. The van der Waals surface area contributed by atoms with Gasteiger partial charge in [0.1, 0.15) is 16.8 Å². The van der Waals surface area contributed by atoms with E-state index in [2.05, 4.69) is 27.4 Å². The molecule has 2 heterocycles. The topological polar surface area (TPSA) is 119 Å². The van der Waals surface area contributed by atoms with E-state index in [-0.39, 0.29) is 24.4 Å². The second kappa shape index (κ2) is 15.4. The Labute approximate surface area is 303 Å². The van der Waals surface area contributed by atoms with E-state index in [0.29, 0.717) is 51.5 Å². The molecular formula is C39H44Cl2N4O5. The van der Waals surface area contributed by atoms with Gasteiger partial charge in [-0.2, -0.15) is 4.98 Å². The van der Waals surface area contributed by atoms with Crippen LogP contribution in [0.3, 0.4) is 0 Å². The minimum Gasteiger partial charge on any atom is -0.481 e. The smallest absolute Gasteiger partial charge is 0.237 e. The van der Waals surface area contributed by atoms with Gasteiger partial charge in [0, 0.05) is 29.3 Å². The molecule has 2 aromatic heterocycles. The van der Waals surface area contributed by atoms with Crippen LogP contribution in [0, 0.1) is 5.92 Å². The van der Waals surface area contributed by atoms with Crippen molar-refractivity contribution in [1.82, 2.24) is 20.3 Å². The summed E-state index contributed by atoms with van der Waals surface area (Å²) in [6, 6.07) is 14.1. The number of nitrogens with zero attached hydrogens (tertiary/aromatic N) is 3. The van der Waals surface area contributed by atoms with Crippen LogP contribution in [0.1, 0.15) is 79.9 Å². The Morgan fingerprint density at radius 2 is 1.60 bits per heavy atom. The van der Waals surface area contributed by atoms with Crippen LogP contribution in [0.4, 0.5) is 0 Å². The van der Waals surface area contributed by atoms with Gasteiger partial charge in [0.2, 0.25) is 17.6 Å². The molecule has 2 fully saturated rings. The van der Waals surface area contributed by atoms with E-state index in [4.69, 9.17) is 42.4 Å². The minimum atomic E-state index is -0.339. The van der Waals surface area contributed by atoms with Gasteiger partial charge in [-0.3, -0.25) is 4.98 Å². The molecule has 0 radical (unpaired) electrons. The largest absolute Gasteiger partial charge is 0.481 e. The van der Waals surface area contributed by atoms with Crippen molar-refractivity contribution in [3.63, 3.8) is 0 Å². The summed E-state index contributed by atoms with van der Waals surface area (Å²) in [5, 5.41) is 24.9. The van der Waals surface area contributed by atoms with Crippen molar-refractivity contribution in [2.24, 2.45) is 5.92 Å². The Hall–Kier alpha value is -3.47. The number of pyridine rings is 1. The van der Waals surface area contributed by atoms with Crippen molar-refractivity contribution in [1.29, 1.82) is 0 Å². The van der Waals surface area contributed by atoms with Crippen molar-refractivity contribution in [2.75, 3.05) is 14.2 Å². The summed E-state index contributed by atoms with van der Waals surface area (Å²) in [4.78, 5) is 14.1. The van der Waals surface area contributed by atoms with Crippen LogP contribution in [-0.2, 0) is 19.4 Å². The van der Waals surface area contributed by atoms with Gasteiger partial charge >= 0.3 is 0 Å². The maximum Gasteiger partial charge on any atom is 0.237 e. The molecule has 3 aliphatic rings. The zero-order valence-electron chi connectivity index (χ0n) is 28.5. The number of halogens is 2. The predicted octanol–water partition coefficient (Wildman–Crippen LogP) is 7.69. The van der Waals surface area contributed by atoms with Crippen LogP contribution in [0.2, 0.25) is 10.0 Å². The molecule has 2 aromatic carbocycles. The molecule has 3 aliphatic carbocycles. The van der Waals surface area contributed by atoms with E-state index in [1.165, 1.54) is 5.56 Å². The van der Waals surface area contributed by atoms with E-state index in [1.807, 2.05) is 30.3 Å². The van der Waals surface area contributed by atoms with Crippen molar-refractivity contribution in [2.45, 2.75) is 95.1 Å². The number of aryl methyl sites for hydroxylation is 1. The Bertz CT molecular complexity index is 1840. The average molecular weight is 720 g/mol. The molecule has 50 heavy (non-hydrogen) atoms. The van der Waals surface area contributed by atoms with Gasteiger partial charge in [-0.05, 0) is 86.5 Å². The lowest BCUT2D eigenvalue weighted by molar-refractivity contribution is 0.128. The van der Waals surface area contributed by atoms with E-state index >= 15 is 0 Å². The third kappa shape index (κ3) is 7.16. The normalized spacial score (nSPS) is 22.9. The molecule has 11 heteroatoms. The molecule has 3 N–H and O–H groups in total. The molecule has 5 atom stereocenters. The Morgan fingerprint density at radius 3 is 2.36 bits per heavy atom. The van der Waals surface area contributed by atoms with Crippen molar-refractivity contribution in [3.05, 3.63) is 81.1 Å². The monoisotopic (exact) mass is 718 g/mol. The summed E-state index contributed by atoms with van der Waals surface area (Å²) in [6.07, 6.45) is 9.85. The fourth-order valence-corrected chi connectivity index (χ4v) is 8.45. The van der Waals surface area contributed by atoms with E-state index in [9.17, 15) is 10.2 Å².